The van der Waals surface area contributed by atoms with Crippen molar-refractivity contribution in [2.75, 3.05) is 19.6 Å². The van der Waals surface area contributed by atoms with Crippen LogP contribution in [0.1, 0.15) is 61.1 Å². The zero-order valence-corrected chi connectivity index (χ0v) is 18.3. The van der Waals surface area contributed by atoms with Crippen molar-refractivity contribution in [1.29, 1.82) is 0 Å². The van der Waals surface area contributed by atoms with Crippen LogP contribution in [0.25, 0.3) is 0 Å². The number of fused-ring (bicyclic) bond motifs is 1. The van der Waals surface area contributed by atoms with Crippen LogP contribution in [-0.4, -0.2) is 41.2 Å². The van der Waals surface area contributed by atoms with Gasteiger partial charge in [-0.2, -0.15) is 0 Å². The molecule has 1 saturated carbocycles. The summed E-state index contributed by atoms with van der Waals surface area (Å²) in [5.74, 6) is -0.0817. The highest BCUT2D eigenvalue weighted by Gasteiger charge is 2.35. The molecule has 2 aliphatic rings. The van der Waals surface area contributed by atoms with Crippen LogP contribution in [0.4, 0.5) is 4.39 Å². The standard InChI is InChI=1S/C24H29FN2O2S/c1-2-3-13-26(24(29)18-5-4-6-18)16-22(28)27-14-11-21-20(12-15-30-21)23(27)17-7-9-19(25)10-8-17/h7-10,12,15,18,23H,2-6,11,13-14,16H2,1H3/t23-/m0/s1. The third-order valence-corrected chi connectivity index (χ3v) is 7.34. The summed E-state index contributed by atoms with van der Waals surface area (Å²) in [6.45, 7) is 3.48. The largest absolute Gasteiger partial charge is 0.333 e. The molecule has 0 spiro atoms. The Hall–Kier alpha value is -2.21. The van der Waals surface area contributed by atoms with E-state index in [9.17, 15) is 14.0 Å². The van der Waals surface area contributed by atoms with E-state index < -0.39 is 0 Å². The summed E-state index contributed by atoms with van der Waals surface area (Å²) in [6.07, 6.45) is 5.70. The van der Waals surface area contributed by atoms with E-state index in [0.717, 1.165) is 49.7 Å². The Kier molecular flexibility index (Phi) is 6.52. The van der Waals surface area contributed by atoms with Gasteiger partial charge >= 0.3 is 0 Å². The summed E-state index contributed by atoms with van der Waals surface area (Å²) in [7, 11) is 0. The van der Waals surface area contributed by atoms with Crippen molar-refractivity contribution in [1.82, 2.24) is 9.80 Å². The molecule has 160 valence electrons. The third-order valence-electron chi connectivity index (χ3n) is 6.35. The molecule has 1 aromatic heterocycles. The van der Waals surface area contributed by atoms with E-state index in [1.165, 1.54) is 17.0 Å². The molecule has 0 unspecified atom stereocenters. The van der Waals surface area contributed by atoms with E-state index in [1.807, 2.05) is 4.90 Å². The fraction of sp³-hybridized carbons (Fsp3) is 0.500. The lowest BCUT2D eigenvalue weighted by Gasteiger charge is -2.38. The fourth-order valence-electron chi connectivity index (χ4n) is 4.37. The first kappa shape index (κ1) is 21.0. The minimum absolute atomic E-state index is 0.0232. The van der Waals surface area contributed by atoms with Gasteiger partial charge in [-0.05, 0) is 60.4 Å². The van der Waals surface area contributed by atoms with Crippen LogP contribution in [-0.2, 0) is 16.0 Å². The molecule has 1 aliphatic carbocycles. The average molecular weight is 429 g/mol. The van der Waals surface area contributed by atoms with Crippen LogP contribution in [0.2, 0.25) is 0 Å². The van der Waals surface area contributed by atoms with Gasteiger partial charge in [0.2, 0.25) is 11.8 Å². The molecule has 30 heavy (non-hydrogen) atoms. The number of thiophene rings is 1. The Morgan fingerprint density at radius 1 is 1.20 bits per heavy atom. The van der Waals surface area contributed by atoms with Gasteiger partial charge in [-0.25, -0.2) is 4.39 Å². The Bertz CT molecular complexity index is 891. The fourth-order valence-corrected chi connectivity index (χ4v) is 5.28. The second kappa shape index (κ2) is 9.29. The molecule has 0 radical (unpaired) electrons. The zero-order chi connectivity index (χ0) is 21.1. The van der Waals surface area contributed by atoms with Crippen molar-refractivity contribution >= 4 is 23.2 Å². The molecule has 1 atom stereocenters. The topological polar surface area (TPSA) is 40.6 Å². The van der Waals surface area contributed by atoms with Gasteiger partial charge in [-0.15, -0.1) is 11.3 Å². The van der Waals surface area contributed by atoms with Crippen LogP contribution in [0, 0.1) is 11.7 Å². The molecule has 2 heterocycles. The summed E-state index contributed by atoms with van der Waals surface area (Å²) >= 11 is 1.71. The molecule has 2 aromatic rings. The van der Waals surface area contributed by atoms with Crippen LogP contribution < -0.4 is 0 Å². The van der Waals surface area contributed by atoms with E-state index in [2.05, 4.69) is 18.4 Å². The number of hydrogen-bond acceptors (Lipinski definition) is 3. The summed E-state index contributed by atoms with van der Waals surface area (Å²) in [6, 6.07) is 8.28. The summed E-state index contributed by atoms with van der Waals surface area (Å²) < 4.78 is 13.5. The van der Waals surface area contributed by atoms with E-state index in [-0.39, 0.29) is 36.1 Å². The van der Waals surface area contributed by atoms with Gasteiger partial charge in [0.25, 0.3) is 0 Å². The Morgan fingerprint density at radius 3 is 2.63 bits per heavy atom. The number of amides is 2. The molecule has 1 fully saturated rings. The number of carbonyl (C=O) groups is 2. The van der Waals surface area contributed by atoms with Gasteiger partial charge in [0.05, 0.1) is 12.6 Å². The van der Waals surface area contributed by atoms with Gasteiger partial charge < -0.3 is 9.80 Å². The Labute approximate surface area is 181 Å². The van der Waals surface area contributed by atoms with E-state index in [1.54, 1.807) is 28.4 Å². The number of benzene rings is 1. The van der Waals surface area contributed by atoms with Gasteiger partial charge in [0.15, 0.2) is 0 Å². The maximum atomic E-state index is 13.5. The van der Waals surface area contributed by atoms with Crippen molar-refractivity contribution in [3.05, 3.63) is 57.5 Å². The molecule has 4 rings (SSSR count). The molecule has 1 aromatic carbocycles. The smallest absolute Gasteiger partial charge is 0.242 e. The normalized spacial score (nSPS) is 18.6. The summed E-state index contributed by atoms with van der Waals surface area (Å²) in [5, 5.41) is 2.06. The van der Waals surface area contributed by atoms with Gasteiger partial charge in [-0.3, -0.25) is 9.59 Å². The first-order chi connectivity index (χ1) is 14.6. The molecule has 0 bridgehead atoms. The van der Waals surface area contributed by atoms with Crippen molar-refractivity contribution in [3.63, 3.8) is 0 Å². The number of hydrogen-bond donors (Lipinski definition) is 0. The van der Waals surface area contributed by atoms with E-state index in [0.29, 0.717) is 13.1 Å². The number of unbranched alkanes of at least 4 members (excludes halogenated alkanes) is 1. The minimum Gasteiger partial charge on any atom is -0.333 e. The SMILES string of the molecule is CCCCN(CC(=O)N1CCc2sccc2[C@@H]1c1ccc(F)cc1)C(=O)C1CCC1. The van der Waals surface area contributed by atoms with Crippen LogP contribution >= 0.6 is 11.3 Å². The highest BCUT2D eigenvalue weighted by atomic mass is 32.1. The average Bonchev–Trinajstić information content (AvgIpc) is 3.18. The molecule has 1 aliphatic heterocycles. The molecular weight excluding hydrogens is 399 g/mol. The summed E-state index contributed by atoms with van der Waals surface area (Å²) in [4.78, 5) is 31.3. The van der Waals surface area contributed by atoms with Crippen molar-refractivity contribution in [3.8, 4) is 0 Å². The Balaban J connectivity index is 1.57. The molecular formula is C24H29FN2O2S. The highest BCUT2D eigenvalue weighted by Crippen LogP contribution is 2.38. The third kappa shape index (κ3) is 4.29. The van der Waals surface area contributed by atoms with E-state index in [4.69, 9.17) is 0 Å². The predicted molar refractivity (Wildman–Crippen MR) is 117 cm³/mol. The lowest BCUT2D eigenvalue weighted by atomic mass is 9.84. The Morgan fingerprint density at radius 2 is 1.97 bits per heavy atom. The number of carbonyl (C=O) groups excluding carboxylic acids is 2. The van der Waals surface area contributed by atoms with Gasteiger partial charge in [0, 0.05) is 23.9 Å². The predicted octanol–water partition coefficient (Wildman–Crippen LogP) is 4.79. The van der Waals surface area contributed by atoms with Crippen LogP contribution in [0.5, 0.6) is 0 Å². The number of rotatable bonds is 7. The van der Waals surface area contributed by atoms with Gasteiger partial charge in [-0.1, -0.05) is 31.9 Å². The first-order valence-corrected chi connectivity index (χ1v) is 11.9. The molecule has 0 saturated heterocycles. The van der Waals surface area contributed by atoms with Crippen LogP contribution in [0.3, 0.4) is 0 Å². The maximum absolute atomic E-state index is 13.5. The second-order valence-electron chi connectivity index (χ2n) is 8.33. The lowest BCUT2D eigenvalue weighted by molar-refractivity contribution is -0.145. The van der Waals surface area contributed by atoms with Gasteiger partial charge in [0.1, 0.15) is 5.82 Å². The first-order valence-electron chi connectivity index (χ1n) is 11.0. The quantitative estimate of drug-likeness (QED) is 0.636. The second-order valence-corrected chi connectivity index (χ2v) is 9.33. The monoisotopic (exact) mass is 428 g/mol. The lowest BCUT2D eigenvalue weighted by Crippen LogP contribution is -2.48. The molecule has 2 amide bonds. The zero-order valence-electron chi connectivity index (χ0n) is 17.5. The molecule has 6 heteroatoms. The van der Waals surface area contributed by atoms with Crippen molar-refractivity contribution < 1.29 is 14.0 Å². The highest BCUT2D eigenvalue weighted by molar-refractivity contribution is 7.10. The van der Waals surface area contributed by atoms with E-state index >= 15 is 0 Å². The molecule has 4 nitrogen and oxygen atoms in total. The van der Waals surface area contributed by atoms with Crippen LogP contribution in [0.15, 0.2) is 35.7 Å². The maximum Gasteiger partial charge on any atom is 0.242 e. The number of halogens is 1. The minimum atomic E-state index is -0.283. The summed E-state index contributed by atoms with van der Waals surface area (Å²) in [5.41, 5.74) is 2.03. The van der Waals surface area contributed by atoms with Crippen molar-refractivity contribution in [2.24, 2.45) is 5.92 Å². The van der Waals surface area contributed by atoms with Crippen molar-refractivity contribution in [2.45, 2.75) is 51.5 Å². The number of nitrogens with zero attached hydrogens (tertiary/aromatic N) is 2. The molecule has 0 N–H and O–H groups in total.